The van der Waals surface area contributed by atoms with Gasteiger partial charge >= 0.3 is 0 Å². The number of rotatable bonds is 8. The topological polar surface area (TPSA) is 151 Å². The molecule has 0 aliphatic rings. The average Bonchev–Trinajstić information content (AvgIpc) is 2.82. The predicted octanol–water partition coefficient (Wildman–Crippen LogP) is 3.73. The molecule has 3 rings (SSSR count). The zero-order chi connectivity index (χ0) is 24.0. The molecule has 2 aromatic carbocycles. The van der Waals surface area contributed by atoms with Gasteiger partial charge in [0.1, 0.15) is 17.4 Å². The Kier molecular flexibility index (Phi) is 7.42. The van der Waals surface area contributed by atoms with Crippen LogP contribution in [0.1, 0.15) is 18.9 Å². The van der Waals surface area contributed by atoms with Crippen LogP contribution in [0.4, 0.5) is 11.4 Å². The lowest BCUT2D eigenvalue weighted by molar-refractivity contribution is -0.384. The molecule has 1 heterocycles. The van der Waals surface area contributed by atoms with E-state index < -0.39 is 15.7 Å². The van der Waals surface area contributed by atoms with Crippen LogP contribution in [0.2, 0.25) is 0 Å². The van der Waals surface area contributed by atoms with E-state index in [1.807, 2.05) is 6.07 Å². The zero-order valence-corrected chi connectivity index (χ0v) is 18.5. The fourth-order valence-corrected chi connectivity index (χ4v) is 3.81. The first kappa shape index (κ1) is 23.5. The lowest BCUT2D eigenvalue weighted by Gasteiger charge is -2.15. The molecule has 0 saturated heterocycles. The number of carbonyl (C=O) groups excluding carboxylic acids is 1. The number of aromatic amines is 1. The van der Waals surface area contributed by atoms with Crippen LogP contribution in [-0.2, 0) is 4.79 Å². The molecule has 0 bridgehead atoms. The number of methoxy groups -OCH3 is 1. The highest BCUT2D eigenvalue weighted by molar-refractivity contribution is 8.00. The number of non-ortho nitro benzene ring substituents is 1. The van der Waals surface area contributed by atoms with Crippen LogP contribution < -0.4 is 15.6 Å². The molecule has 1 aromatic heterocycles. The molecule has 0 spiro atoms. The van der Waals surface area contributed by atoms with Gasteiger partial charge in [-0.05, 0) is 42.8 Å². The number of anilines is 1. The summed E-state index contributed by atoms with van der Waals surface area (Å²) < 4.78 is 5.13. The molecule has 0 unspecified atom stereocenters. The largest absolute Gasteiger partial charge is 0.497 e. The van der Waals surface area contributed by atoms with Crippen molar-refractivity contribution in [3.63, 3.8) is 0 Å². The Bertz CT molecular complexity index is 1270. The Morgan fingerprint density at radius 1 is 1.27 bits per heavy atom. The van der Waals surface area contributed by atoms with Gasteiger partial charge in [0.15, 0.2) is 5.16 Å². The number of hydrogen-bond donors (Lipinski definition) is 2. The maximum Gasteiger partial charge on any atom is 0.270 e. The molecule has 11 heteroatoms. The van der Waals surface area contributed by atoms with Crippen LogP contribution in [0.3, 0.4) is 0 Å². The van der Waals surface area contributed by atoms with Crippen molar-refractivity contribution >= 4 is 29.0 Å². The fraction of sp³-hybridized carbons (Fsp3) is 0.182. The molecule has 168 valence electrons. The molecule has 0 aliphatic carbocycles. The number of nitrogens with one attached hydrogen (secondary N) is 2. The summed E-state index contributed by atoms with van der Waals surface area (Å²) in [6, 6.07) is 14.1. The average molecular weight is 465 g/mol. The molecular weight excluding hydrogens is 446 g/mol. The third-order valence-electron chi connectivity index (χ3n) is 4.64. The summed E-state index contributed by atoms with van der Waals surface area (Å²) in [7, 11) is 1.53. The van der Waals surface area contributed by atoms with Crippen molar-refractivity contribution in [2.24, 2.45) is 0 Å². The highest BCUT2D eigenvalue weighted by Crippen LogP contribution is 2.27. The van der Waals surface area contributed by atoms with Crippen molar-refractivity contribution in [1.29, 1.82) is 5.26 Å². The number of carbonyl (C=O) groups is 1. The van der Waals surface area contributed by atoms with Crippen LogP contribution in [0, 0.1) is 21.4 Å². The number of benzene rings is 2. The second-order valence-corrected chi connectivity index (χ2v) is 7.93. The van der Waals surface area contributed by atoms with E-state index in [9.17, 15) is 25.0 Å². The van der Waals surface area contributed by atoms with Gasteiger partial charge in [0.2, 0.25) is 5.91 Å². The minimum absolute atomic E-state index is 0.0835. The van der Waals surface area contributed by atoms with Crippen LogP contribution in [0.5, 0.6) is 5.75 Å². The van der Waals surface area contributed by atoms with Crippen LogP contribution in [0.25, 0.3) is 11.3 Å². The first-order valence-electron chi connectivity index (χ1n) is 9.77. The molecule has 3 aromatic rings. The van der Waals surface area contributed by atoms with Gasteiger partial charge < -0.3 is 15.0 Å². The SMILES string of the molecule is CC[C@@H](Sc1nc(-c2ccc(OC)cc2)c(C#N)c(=O)[nH]1)C(=O)Nc1ccc([N+](=O)[O-])cc1. The lowest BCUT2D eigenvalue weighted by Crippen LogP contribution is -2.25. The molecule has 1 atom stereocenters. The lowest BCUT2D eigenvalue weighted by atomic mass is 10.1. The fourth-order valence-electron chi connectivity index (χ4n) is 2.92. The molecule has 10 nitrogen and oxygen atoms in total. The van der Waals surface area contributed by atoms with Crippen molar-refractivity contribution in [3.05, 3.63) is 74.6 Å². The van der Waals surface area contributed by atoms with Gasteiger partial charge in [-0.1, -0.05) is 18.7 Å². The molecule has 2 N–H and O–H groups in total. The summed E-state index contributed by atoms with van der Waals surface area (Å²) in [5.41, 5.74) is 0.352. The molecule has 0 saturated carbocycles. The number of aromatic nitrogens is 2. The number of hydrogen-bond acceptors (Lipinski definition) is 8. The maximum absolute atomic E-state index is 12.7. The third-order valence-corrected chi connectivity index (χ3v) is 5.88. The van der Waals surface area contributed by atoms with Crippen LogP contribution in [-0.4, -0.2) is 33.2 Å². The zero-order valence-electron chi connectivity index (χ0n) is 17.7. The standard InChI is InChI=1S/C22H19N5O5S/c1-3-18(21(29)24-14-6-8-15(9-7-14)27(30)31)33-22-25-19(17(12-23)20(28)26-22)13-4-10-16(32-2)11-5-13/h4-11,18H,3H2,1-2H3,(H,24,29)(H,25,26,28)/t18-/m1/s1. The van der Waals surface area contributed by atoms with Gasteiger partial charge in [0.05, 0.1) is 23.0 Å². The van der Waals surface area contributed by atoms with E-state index >= 15 is 0 Å². The first-order valence-corrected chi connectivity index (χ1v) is 10.6. The molecule has 1 amide bonds. The van der Waals surface area contributed by atoms with Crippen molar-refractivity contribution in [1.82, 2.24) is 9.97 Å². The molecule has 0 aliphatic heterocycles. The maximum atomic E-state index is 12.7. The Balaban J connectivity index is 1.84. The minimum atomic E-state index is -0.611. The number of thioether (sulfide) groups is 1. The number of ether oxygens (including phenoxy) is 1. The van der Waals surface area contributed by atoms with Crippen molar-refractivity contribution < 1.29 is 14.5 Å². The Morgan fingerprint density at radius 3 is 2.48 bits per heavy atom. The van der Waals surface area contributed by atoms with Gasteiger partial charge in [-0.3, -0.25) is 19.7 Å². The van der Waals surface area contributed by atoms with Crippen LogP contribution >= 0.6 is 11.8 Å². The summed E-state index contributed by atoms with van der Waals surface area (Å²) in [6.07, 6.45) is 0.422. The molecule has 0 radical (unpaired) electrons. The summed E-state index contributed by atoms with van der Waals surface area (Å²) >= 11 is 1.05. The molecular formula is C22H19N5O5S. The smallest absolute Gasteiger partial charge is 0.270 e. The summed E-state index contributed by atoms with van der Waals surface area (Å²) in [5, 5.41) is 22.5. The van der Waals surface area contributed by atoms with Gasteiger partial charge in [-0.15, -0.1) is 0 Å². The van der Waals surface area contributed by atoms with E-state index in [2.05, 4.69) is 15.3 Å². The molecule has 0 fully saturated rings. The van der Waals surface area contributed by atoms with Gasteiger partial charge in [0, 0.05) is 23.4 Å². The van der Waals surface area contributed by atoms with E-state index in [1.165, 1.54) is 31.4 Å². The van der Waals surface area contributed by atoms with Crippen LogP contribution in [0.15, 0.2) is 58.5 Å². The summed E-state index contributed by atoms with van der Waals surface area (Å²) in [5.74, 6) is 0.264. The molecule has 33 heavy (non-hydrogen) atoms. The number of nitrogens with zero attached hydrogens (tertiary/aromatic N) is 3. The normalized spacial score (nSPS) is 11.3. The second kappa shape index (κ2) is 10.4. The summed E-state index contributed by atoms with van der Waals surface area (Å²) in [4.78, 5) is 42.5. The number of nitriles is 1. The monoisotopic (exact) mass is 465 g/mol. The number of H-pyrrole nitrogens is 1. The third kappa shape index (κ3) is 5.55. The van der Waals surface area contributed by atoms with Gasteiger partial charge in [-0.2, -0.15) is 5.26 Å². The van der Waals surface area contributed by atoms with Crippen molar-refractivity contribution in [2.75, 3.05) is 12.4 Å². The Hall–Kier alpha value is -4.17. The van der Waals surface area contributed by atoms with E-state index in [0.29, 0.717) is 23.4 Å². The minimum Gasteiger partial charge on any atom is -0.497 e. The van der Waals surface area contributed by atoms with E-state index in [0.717, 1.165) is 11.8 Å². The van der Waals surface area contributed by atoms with Crippen molar-refractivity contribution in [3.8, 4) is 23.1 Å². The number of nitro benzene ring substituents is 1. The predicted molar refractivity (Wildman–Crippen MR) is 123 cm³/mol. The Labute approximate surface area is 192 Å². The highest BCUT2D eigenvalue weighted by atomic mass is 32.2. The Morgan fingerprint density at radius 2 is 1.94 bits per heavy atom. The second-order valence-electron chi connectivity index (χ2n) is 6.74. The van der Waals surface area contributed by atoms with Gasteiger partial charge in [-0.25, -0.2) is 4.98 Å². The quantitative estimate of drug-likeness (QED) is 0.221. The van der Waals surface area contributed by atoms with Gasteiger partial charge in [0.25, 0.3) is 11.2 Å². The van der Waals surface area contributed by atoms with E-state index in [4.69, 9.17) is 4.74 Å². The van der Waals surface area contributed by atoms with E-state index in [1.54, 1.807) is 31.2 Å². The first-order chi connectivity index (χ1) is 15.9. The number of nitro groups is 1. The van der Waals surface area contributed by atoms with Crippen molar-refractivity contribution in [2.45, 2.75) is 23.8 Å². The number of amides is 1. The summed E-state index contributed by atoms with van der Waals surface area (Å²) in [6.45, 7) is 1.80. The van der Waals surface area contributed by atoms with E-state index in [-0.39, 0.29) is 28.0 Å². The highest BCUT2D eigenvalue weighted by Gasteiger charge is 2.22.